The van der Waals surface area contributed by atoms with E-state index in [9.17, 15) is 9.90 Å². The van der Waals surface area contributed by atoms with E-state index in [1.165, 1.54) is 0 Å². The van der Waals surface area contributed by atoms with Gasteiger partial charge in [0.05, 0.1) is 5.70 Å². The number of hydrogen-bond donors (Lipinski definition) is 1. The second-order valence-corrected chi connectivity index (χ2v) is 2.97. The first-order valence-electron chi connectivity index (χ1n) is 3.75. The maximum absolute atomic E-state index is 11.0. The molecule has 1 aliphatic rings. The van der Waals surface area contributed by atoms with Crippen LogP contribution in [-0.2, 0) is 4.79 Å². The molecule has 0 aliphatic heterocycles. The van der Waals surface area contributed by atoms with Gasteiger partial charge in [-0.1, -0.05) is 0 Å². The molecule has 1 aliphatic carbocycles. The fourth-order valence-electron chi connectivity index (χ4n) is 1.25. The second-order valence-electron chi connectivity index (χ2n) is 2.97. The lowest BCUT2D eigenvalue weighted by molar-refractivity contribution is -0.118. The Bertz CT molecular complexity index is 206. The van der Waals surface area contributed by atoms with Crippen molar-refractivity contribution in [3.63, 3.8) is 0 Å². The van der Waals surface area contributed by atoms with Crippen molar-refractivity contribution in [3.8, 4) is 0 Å². The Balaban J connectivity index is 2.89. The number of hydrogen-bond acceptors (Lipinski definition) is 3. The van der Waals surface area contributed by atoms with Crippen LogP contribution in [0.4, 0.5) is 0 Å². The fourth-order valence-corrected chi connectivity index (χ4v) is 1.25. The molecule has 11 heavy (non-hydrogen) atoms. The molecular weight excluding hydrogens is 142 g/mol. The number of nitrogens with zero attached hydrogens (tertiary/aromatic N) is 1. The molecule has 0 aromatic carbocycles. The lowest BCUT2D eigenvalue weighted by atomic mass is 10.0. The van der Waals surface area contributed by atoms with Crippen LogP contribution in [0.25, 0.3) is 0 Å². The summed E-state index contributed by atoms with van der Waals surface area (Å²) >= 11 is 0. The first-order chi connectivity index (χ1) is 5.13. The molecule has 3 heteroatoms. The zero-order chi connectivity index (χ0) is 8.43. The van der Waals surface area contributed by atoms with E-state index in [4.69, 9.17) is 0 Å². The number of rotatable bonds is 1. The Labute approximate surface area is 66.3 Å². The van der Waals surface area contributed by atoms with Crippen molar-refractivity contribution in [3.05, 3.63) is 11.5 Å². The number of carbonyl (C=O) groups excluding carboxylic acids is 1. The van der Waals surface area contributed by atoms with E-state index in [0.717, 1.165) is 18.5 Å². The molecule has 0 saturated heterocycles. The van der Waals surface area contributed by atoms with Gasteiger partial charge in [0.15, 0.2) is 11.5 Å². The van der Waals surface area contributed by atoms with Crippen molar-refractivity contribution in [1.29, 1.82) is 0 Å². The minimum atomic E-state index is -0.125. The van der Waals surface area contributed by atoms with Crippen LogP contribution in [0.3, 0.4) is 0 Å². The van der Waals surface area contributed by atoms with Gasteiger partial charge in [0.25, 0.3) is 0 Å². The number of aliphatic hydroxyl groups is 1. The molecule has 1 rings (SSSR count). The second kappa shape index (κ2) is 2.95. The summed E-state index contributed by atoms with van der Waals surface area (Å²) in [6.45, 7) is 0. The number of allylic oxidation sites excluding steroid dienone is 2. The lowest BCUT2D eigenvalue weighted by Crippen LogP contribution is -2.21. The minimum Gasteiger partial charge on any atom is -0.503 e. The zero-order valence-corrected chi connectivity index (χ0v) is 6.92. The van der Waals surface area contributed by atoms with Crippen LogP contribution in [-0.4, -0.2) is 29.9 Å². The van der Waals surface area contributed by atoms with Crippen molar-refractivity contribution in [2.45, 2.75) is 19.3 Å². The minimum absolute atomic E-state index is 0.0405. The van der Waals surface area contributed by atoms with E-state index in [-0.39, 0.29) is 11.5 Å². The average Bonchev–Trinajstić information content (AvgIpc) is 1.94. The Morgan fingerprint density at radius 2 is 2.00 bits per heavy atom. The van der Waals surface area contributed by atoms with E-state index in [2.05, 4.69) is 0 Å². The Morgan fingerprint density at radius 1 is 1.36 bits per heavy atom. The maximum Gasteiger partial charge on any atom is 0.198 e. The quantitative estimate of drug-likeness (QED) is 0.615. The highest BCUT2D eigenvalue weighted by molar-refractivity contribution is 5.94. The Kier molecular flexibility index (Phi) is 2.17. The van der Waals surface area contributed by atoms with Crippen LogP contribution in [0, 0.1) is 0 Å². The lowest BCUT2D eigenvalue weighted by Gasteiger charge is -2.21. The van der Waals surface area contributed by atoms with Gasteiger partial charge < -0.3 is 10.0 Å². The van der Waals surface area contributed by atoms with Crippen molar-refractivity contribution in [1.82, 2.24) is 4.90 Å². The highest BCUT2D eigenvalue weighted by Gasteiger charge is 2.20. The van der Waals surface area contributed by atoms with Crippen molar-refractivity contribution in [2.75, 3.05) is 14.1 Å². The summed E-state index contributed by atoms with van der Waals surface area (Å²) in [5.41, 5.74) is 0.765. The first kappa shape index (κ1) is 8.11. The monoisotopic (exact) mass is 155 g/mol. The molecule has 0 amide bonds. The fraction of sp³-hybridized carbons (Fsp3) is 0.625. The van der Waals surface area contributed by atoms with Crippen LogP contribution in [0.5, 0.6) is 0 Å². The molecule has 0 bridgehead atoms. The van der Waals surface area contributed by atoms with Gasteiger partial charge in [-0.05, 0) is 12.8 Å². The van der Waals surface area contributed by atoms with Gasteiger partial charge in [-0.25, -0.2) is 0 Å². The molecule has 3 nitrogen and oxygen atoms in total. The van der Waals surface area contributed by atoms with Gasteiger partial charge in [0.1, 0.15) is 0 Å². The number of carbonyl (C=O) groups is 1. The van der Waals surface area contributed by atoms with Gasteiger partial charge in [-0.3, -0.25) is 4.79 Å². The summed E-state index contributed by atoms with van der Waals surface area (Å²) in [5, 5.41) is 9.30. The van der Waals surface area contributed by atoms with E-state index >= 15 is 0 Å². The summed E-state index contributed by atoms with van der Waals surface area (Å²) in [7, 11) is 3.67. The number of aliphatic hydroxyl groups excluding tert-OH is 1. The highest BCUT2D eigenvalue weighted by Crippen LogP contribution is 2.21. The average molecular weight is 155 g/mol. The van der Waals surface area contributed by atoms with E-state index < -0.39 is 0 Å². The first-order valence-corrected chi connectivity index (χ1v) is 3.75. The highest BCUT2D eigenvalue weighted by atomic mass is 16.3. The third kappa shape index (κ3) is 1.53. The summed E-state index contributed by atoms with van der Waals surface area (Å²) in [4.78, 5) is 12.8. The van der Waals surface area contributed by atoms with E-state index in [1.54, 1.807) is 4.90 Å². The third-order valence-electron chi connectivity index (χ3n) is 1.89. The van der Waals surface area contributed by atoms with Gasteiger partial charge in [-0.2, -0.15) is 0 Å². The molecule has 0 atom stereocenters. The predicted molar refractivity (Wildman–Crippen MR) is 42.2 cm³/mol. The standard InChI is InChI=1S/C8H13NO2/c1-9(2)6-4-3-5-7(10)8(6)11/h11H,3-5H2,1-2H3. The van der Waals surface area contributed by atoms with Crippen molar-refractivity contribution < 1.29 is 9.90 Å². The molecule has 1 N–H and O–H groups in total. The normalized spacial score (nSPS) is 18.9. The zero-order valence-electron chi connectivity index (χ0n) is 6.92. The van der Waals surface area contributed by atoms with E-state index in [1.807, 2.05) is 14.1 Å². The van der Waals surface area contributed by atoms with E-state index in [0.29, 0.717) is 6.42 Å². The van der Waals surface area contributed by atoms with Gasteiger partial charge >= 0.3 is 0 Å². The molecule has 0 radical (unpaired) electrons. The van der Waals surface area contributed by atoms with Crippen LogP contribution in [0.1, 0.15) is 19.3 Å². The smallest absolute Gasteiger partial charge is 0.198 e. The van der Waals surface area contributed by atoms with Crippen LogP contribution in [0.15, 0.2) is 11.5 Å². The summed E-state index contributed by atoms with van der Waals surface area (Å²) < 4.78 is 0. The SMILES string of the molecule is CN(C)C1=C(O)C(=O)CCC1. The molecular formula is C8H13NO2. The summed E-state index contributed by atoms with van der Waals surface area (Å²) in [6, 6.07) is 0. The molecule has 0 fully saturated rings. The van der Waals surface area contributed by atoms with Gasteiger partial charge in [-0.15, -0.1) is 0 Å². The van der Waals surface area contributed by atoms with Gasteiger partial charge in [0, 0.05) is 20.5 Å². The molecule has 0 aromatic rings. The molecule has 0 heterocycles. The third-order valence-corrected chi connectivity index (χ3v) is 1.89. The van der Waals surface area contributed by atoms with Crippen LogP contribution >= 0.6 is 0 Å². The molecule has 0 unspecified atom stereocenters. The van der Waals surface area contributed by atoms with Crippen molar-refractivity contribution in [2.24, 2.45) is 0 Å². The predicted octanol–water partition coefficient (Wildman–Crippen LogP) is 1.07. The number of Topliss-reactive ketones (excluding diaryl/α,β-unsaturated/α-hetero) is 1. The van der Waals surface area contributed by atoms with Crippen molar-refractivity contribution >= 4 is 5.78 Å². The molecule has 62 valence electrons. The Morgan fingerprint density at radius 3 is 2.45 bits per heavy atom. The molecule has 0 spiro atoms. The Hall–Kier alpha value is -0.990. The molecule has 0 saturated carbocycles. The summed E-state index contributed by atoms with van der Waals surface area (Å²) in [6.07, 6.45) is 2.16. The molecule has 0 aromatic heterocycles. The number of ketones is 1. The van der Waals surface area contributed by atoms with Crippen LogP contribution in [0.2, 0.25) is 0 Å². The summed E-state index contributed by atoms with van der Waals surface area (Å²) in [5.74, 6) is -0.166. The van der Waals surface area contributed by atoms with Gasteiger partial charge in [0.2, 0.25) is 0 Å². The largest absolute Gasteiger partial charge is 0.503 e. The van der Waals surface area contributed by atoms with Crippen LogP contribution < -0.4 is 0 Å². The maximum atomic E-state index is 11.0. The topological polar surface area (TPSA) is 40.5 Å².